The van der Waals surface area contributed by atoms with Crippen LogP contribution in [0.5, 0.6) is 0 Å². The number of rotatable bonds is 1. The molecule has 5 aliphatic carbocycles. The molecule has 9 unspecified atom stereocenters. The molecule has 0 radical (unpaired) electrons. The van der Waals surface area contributed by atoms with E-state index >= 15 is 0 Å². The molecule has 0 heterocycles. The van der Waals surface area contributed by atoms with Crippen molar-refractivity contribution in [2.75, 3.05) is 6.61 Å². The summed E-state index contributed by atoms with van der Waals surface area (Å²) < 4.78 is 0. The highest BCUT2D eigenvalue weighted by Gasteiger charge is 2.69. The summed E-state index contributed by atoms with van der Waals surface area (Å²) in [6.07, 6.45) is 14.9. The van der Waals surface area contributed by atoms with Crippen molar-refractivity contribution in [1.29, 1.82) is 0 Å². The molecule has 1 heteroatoms. The highest BCUT2D eigenvalue weighted by Crippen LogP contribution is 2.77. The predicted octanol–water partition coefficient (Wildman–Crippen LogP) is 9.05. The molecule has 0 spiro atoms. The van der Waals surface area contributed by atoms with Crippen LogP contribution in [0.4, 0.5) is 0 Å². The topological polar surface area (TPSA) is 20.2 Å². The molecule has 0 amide bonds. The van der Waals surface area contributed by atoms with Gasteiger partial charge in [-0.2, -0.15) is 0 Å². The van der Waals surface area contributed by atoms with Crippen LogP contribution in [0, 0.1) is 61.6 Å². The third-order valence-corrected chi connectivity index (χ3v) is 14.7. The molecule has 0 bridgehead atoms. The van der Waals surface area contributed by atoms with Crippen molar-refractivity contribution in [3.63, 3.8) is 0 Å². The van der Waals surface area contributed by atoms with Gasteiger partial charge < -0.3 is 5.11 Å². The third kappa shape index (κ3) is 2.89. The second-order valence-corrected chi connectivity index (χ2v) is 16.8. The smallest absolute Gasteiger partial charge is 0.0490 e. The monoisotopic (exact) mass is 468 g/mol. The van der Waals surface area contributed by atoms with Crippen molar-refractivity contribution in [2.24, 2.45) is 61.6 Å². The average Bonchev–Trinajstić information content (AvgIpc) is 2.72. The average molecular weight is 469 g/mol. The van der Waals surface area contributed by atoms with Crippen molar-refractivity contribution < 1.29 is 5.11 Å². The lowest BCUT2D eigenvalue weighted by molar-refractivity contribution is -0.206. The van der Waals surface area contributed by atoms with Crippen LogP contribution in [0.15, 0.2) is 11.6 Å². The standard InChI is InChI=1S/C33H56O/c1-22-13-15-29(6)25(30(22,7)21-34)14-16-33(10)26(29)12-11-23-24-19-27(2,3)20-28(4,5)31(24,8)17-18-32(23,33)9/h11,22,24-26,34H,12-21H2,1-10H3. The second kappa shape index (κ2) is 7.17. The third-order valence-electron chi connectivity index (χ3n) is 14.7. The maximum Gasteiger partial charge on any atom is 0.0490 e. The molecule has 9 atom stereocenters. The zero-order chi connectivity index (χ0) is 25.2. The van der Waals surface area contributed by atoms with E-state index in [1.54, 1.807) is 0 Å². The highest BCUT2D eigenvalue weighted by molar-refractivity contribution is 5.34. The minimum atomic E-state index is 0.0851. The van der Waals surface area contributed by atoms with E-state index in [1.807, 2.05) is 5.57 Å². The molecule has 5 aliphatic rings. The van der Waals surface area contributed by atoms with Gasteiger partial charge in [0.05, 0.1) is 0 Å². The van der Waals surface area contributed by atoms with E-state index in [9.17, 15) is 5.11 Å². The zero-order valence-corrected chi connectivity index (χ0v) is 24.4. The molecule has 4 saturated carbocycles. The maximum absolute atomic E-state index is 10.6. The van der Waals surface area contributed by atoms with Gasteiger partial charge in [0, 0.05) is 6.61 Å². The Morgan fingerprint density at radius 3 is 2.15 bits per heavy atom. The molecule has 1 N–H and O–H groups in total. The number of aliphatic hydroxyl groups excluding tert-OH is 1. The van der Waals surface area contributed by atoms with Crippen molar-refractivity contribution in [3.05, 3.63) is 11.6 Å². The molecule has 34 heavy (non-hydrogen) atoms. The van der Waals surface area contributed by atoms with Crippen LogP contribution in [0.1, 0.15) is 127 Å². The summed E-state index contributed by atoms with van der Waals surface area (Å²) in [5.74, 6) is 2.78. The van der Waals surface area contributed by atoms with Gasteiger partial charge in [0.2, 0.25) is 0 Å². The number of fused-ring (bicyclic) bond motifs is 7. The van der Waals surface area contributed by atoms with Gasteiger partial charge in [-0.3, -0.25) is 0 Å². The van der Waals surface area contributed by atoms with Crippen molar-refractivity contribution in [3.8, 4) is 0 Å². The summed E-state index contributed by atoms with van der Waals surface area (Å²) >= 11 is 0. The maximum atomic E-state index is 10.6. The molecule has 0 aromatic heterocycles. The van der Waals surface area contributed by atoms with Crippen LogP contribution in [-0.4, -0.2) is 11.7 Å². The van der Waals surface area contributed by atoms with Gasteiger partial charge in [0.15, 0.2) is 0 Å². The van der Waals surface area contributed by atoms with Crippen LogP contribution in [0.3, 0.4) is 0 Å². The Kier molecular flexibility index (Phi) is 5.35. The number of aliphatic hydroxyl groups is 1. The van der Waals surface area contributed by atoms with E-state index in [0.717, 1.165) is 11.8 Å². The van der Waals surface area contributed by atoms with Crippen molar-refractivity contribution in [2.45, 2.75) is 127 Å². The number of hydrogen-bond acceptors (Lipinski definition) is 1. The Hall–Kier alpha value is -0.300. The van der Waals surface area contributed by atoms with Crippen LogP contribution < -0.4 is 0 Å². The largest absolute Gasteiger partial charge is 0.396 e. The molecule has 4 fully saturated rings. The quantitative estimate of drug-likeness (QED) is 0.380. The fourth-order valence-corrected chi connectivity index (χ4v) is 12.0. The Morgan fingerprint density at radius 2 is 1.50 bits per heavy atom. The minimum Gasteiger partial charge on any atom is -0.396 e. The van der Waals surface area contributed by atoms with E-state index in [-0.39, 0.29) is 5.41 Å². The first kappa shape index (κ1) is 25.4. The lowest BCUT2D eigenvalue weighted by Crippen LogP contribution is -2.65. The Morgan fingerprint density at radius 1 is 0.824 bits per heavy atom. The van der Waals surface area contributed by atoms with Crippen LogP contribution in [0.2, 0.25) is 0 Å². The van der Waals surface area contributed by atoms with E-state index in [2.05, 4.69) is 75.3 Å². The predicted molar refractivity (Wildman–Crippen MR) is 144 cm³/mol. The van der Waals surface area contributed by atoms with Gasteiger partial charge in [-0.25, -0.2) is 0 Å². The van der Waals surface area contributed by atoms with Crippen LogP contribution in [-0.2, 0) is 0 Å². The van der Waals surface area contributed by atoms with Gasteiger partial charge >= 0.3 is 0 Å². The molecule has 194 valence electrons. The Balaban J connectivity index is 1.59. The molecular weight excluding hydrogens is 412 g/mol. The van der Waals surface area contributed by atoms with E-state index in [1.165, 1.54) is 57.8 Å². The van der Waals surface area contributed by atoms with Gasteiger partial charge in [-0.05, 0) is 119 Å². The van der Waals surface area contributed by atoms with Crippen molar-refractivity contribution >= 4 is 0 Å². The SMILES string of the molecule is CC1CCC2(C)C(CCC3(C)C2CC=C2C4CC(C)(C)CC(C)(C)C4(C)CCC23C)C1(C)CO. The lowest BCUT2D eigenvalue weighted by Gasteiger charge is -2.73. The molecule has 0 saturated heterocycles. The summed E-state index contributed by atoms with van der Waals surface area (Å²) in [5, 5.41) is 10.6. The first-order valence-corrected chi connectivity index (χ1v) is 14.8. The molecule has 0 aromatic rings. The van der Waals surface area contributed by atoms with Gasteiger partial charge in [0.1, 0.15) is 0 Å². The highest BCUT2D eigenvalue weighted by atomic mass is 16.3. The van der Waals surface area contributed by atoms with Gasteiger partial charge in [-0.15, -0.1) is 0 Å². The number of allylic oxidation sites excluding steroid dienone is 2. The summed E-state index contributed by atoms with van der Waals surface area (Å²) in [4.78, 5) is 0. The van der Waals surface area contributed by atoms with E-state index < -0.39 is 0 Å². The summed E-state index contributed by atoms with van der Waals surface area (Å²) in [7, 11) is 0. The van der Waals surface area contributed by atoms with E-state index in [4.69, 9.17) is 0 Å². The zero-order valence-electron chi connectivity index (χ0n) is 24.4. The van der Waals surface area contributed by atoms with Crippen LogP contribution in [0.25, 0.3) is 0 Å². The lowest BCUT2D eigenvalue weighted by atomic mass is 9.32. The molecule has 0 aromatic carbocycles. The fourth-order valence-electron chi connectivity index (χ4n) is 12.0. The second-order valence-electron chi connectivity index (χ2n) is 16.8. The fraction of sp³-hybridized carbons (Fsp3) is 0.939. The minimum absolute atomic E-state index is 0.0851. The number of hydrogen-bond donors (Lipinski definition) is 1. The Labute approximate surface area is 211 Å². The normalized spacial score (nSPS) is 55.8. The molecule has 5 rings (SSSR count). The molecular formula is C33H56O. The molecule has 1 nitrogen and oxygen atoms in total. The van der Waals surface area contributed by atoms with Gasteiger partial charge in [0.25, 0.3) is 0 Å². The summed E-state index contributed by atoms with van der Waals surface area (Å²) in [6, 6.07) is 0. The Bertz CT molecular complexity index is 881. The van der Waals surface area contributed by atoms with Gasteiger partial charge in [-0.1, -0.05) is 80.9 Å². The van der Waals surface area contributed by atoms with Crippen molar-refractivity contribution in [1.82, 2.24) is 0 Å². The van der Waals surface area contributed by atoms with E-state index in [0.29, 0.717) is 50.9 Å². The summed E-state index contributed by atoms with van der Waals surface area (Å²) in [6.45, 7) is 26.2. The summed E-state index contributed by atoms with van der Waals surface area (Å²) in [5.41, 5.74) is 4.27. The van der Waals surface area contributed by atoms with Crippen LogP contribution >= 0.6 is 0 Å². The first-order chi connectivity index (χ1) is 15.5. The first-order valence-electron chi connectivity index (χ1n) is 14.8. The molecule has 0 aliphatic heterocycles.